The second-order valence-electron chi connectivity index (χ2n) is 4.57. The molecule has 3 N–H and O–H groups in total. The van der Waals surface area contributed by atoms with Gasteiger partial charge in [-0.3, -0.25) is 4.79 Å². The zero-order chi connectivity index (χ0) is 14.5. The van der Waals surface area contributed by atoms with E-state index in [9.17, 15) is 9.90 Å². The number of hydrogen-bond acceptors (Lipinski definition) is 3. The average Bonchev–Trinajstić information content (AvgIpc) is 2.46. The highest BCUT2D eigenvalue weighted by Crippen LogP contribution is 2.16. The minimum absolute atomic E-state index is 0.0734. The average molecular weight is 270 g/mol. The summed E-state index contributed by atoms with van der Waals surface area (Å²) in [6.07, 6.45) is 0. The third kappa shape index (κ3) is 3.09. The quantitative estimate of drug-likeness (QED) is 0.839. The fourth-order valence-electron chi connectivity index (χ4n) is 2.00. The van der Waals surface area contributed by atoms with E-state index in [4.69, 9.17) is 5.73 Å². The lowest BCUT2D eigenvalue weighted by Gasteiger charge is -2.22. The summed E-state index contributed by atoms with van der Waals surface area (Å²) in [6, 6.07) is 13.8. The van der Waals surface area contributed by atoms with Gasteiger partial charge < -0.3 is 15.7 Å². The van der Waals surface area contributed by atoms with E-state index < -0.39 is 0 Å². The number of carbonyl (C=O) groups is 1. The molecule has 0 aliphatic rings. The highest BCUT2D eigenvalue weighted by Gasteiger charge is 2.15. The van der Waals surface area contributed by atoms with Crippen LogP contribution in [-0.4, -0.2) is 22.5 Å². The number of rotatable bonds is 4. The van der Waals surface area contributed by atoms with Crippen molar-refractivity contribution in [3.8, 4) is 5.75 Å². The molecule has 4 heteroatoms. The van der Waals surface area contributed by atoms with Gasteiger partial charge in [0.2, 0.25) is 0 Å². The van der Waals surface area contributed by atoms with E-state index in [1.807, 2.05) is 31.2 Å². The molecule has 0 saturated carbocycles. The Kier molecular flexibility index (Phi) is 4.25. The van der Waals surface area contributed by atoms with E-state index in [1.165, 1.54) is 12.1 Å². The molecule has 0 unspecified atom stereocenters. The second kappa shape index (κ2) is 6.10. The van der Waals surface area contributed by atoms with E-state index in [0.717, 1.165) is 5.56 Å². The fourth-order valence-corrected chi connectivity index (χ4v) is 2.00. The smallest absolute Gasteiger partial charge is 0.254 e. The van der Waals surface area contributed by atoms with Gasteiger partial charge in [-0.25, -0.2) is 0 Å². The molecule has 0 bridgehead atoms. The summed E-state index contributed by atoms with van der Waals surface area (Å²) in [4.78, 5) is 14.1. The molecule has 0 fully saturated rings. The maximum atomic E-state index is 12.4. The van der Waals surface area contributed by atoms with E-state index >= 15 is 0 Å². The van der Waals surface area contributed by atoms with Gasteiger partial charge in [0.25, 0.3) is 5.91 Å². The van der Waals surface area contributed by atoms with E-state index in [-0.39, 0.29) is 11.7 Å². The molecule has 1 amide bonds. The SMILES string of the molecule is CCN(Cc1ccccc1N)C(=O)c1ccc(O)cc1. The number of para-hydroxylation sites is 1. The monoisotopic (exact) mass is 270 g/mol. The molecule has 0 aliphatic carbocycles. The summed E-state index contributed by atoms with van der Waals surface area (Å²) in [5.41, 5.74) is 8.08. The van der Waals surface area contributed by atoms with Crippen LogP contribution in [0.1, 0.15) is 22.8 Å². The van der Waals surface area contributed by atoms with Crippen molar-refractivity contribution in [3.05, 3.63) is 59.7 Å². The summed E-state index contributed by atoms with van der Waals surface area (Å²) in [5, 5.41) is 9.26. The number of amides is 1. The number of phenols is 1. The lowest BCUT2D eigenvalue weighted by atomic mass is 10.1. The number of aromatic hydroxyl groups is 1. The summed E-state index contributed by atoms with van der Waals surface area (Å²) in [7, 11) is 0. The number of phenolic OH excluding ortho intramolecular Hbond substituents is 1. The zero-order valence-corrected chi connectivity index (χ0v) is 11.4. The highest BCUT2D eigenvalue weighted by molar-refractivity contribution is 5.94. The fraction of sp³-hybridized carbons (Fsp3) is 0.188. The van der Waals surface area contributed by atoms with Gasteiger partial charge in [0.1, 0.15) is 5.75 Å². The van der Waals surface area contributed by atoms with Crippen LogP contribution in [0.25, 0.3) is 0 Å². The summed E-state index contributed by atoms with van der Waals surface area (Å²) >= 11 is 0. The maximum absolute atomic E-state index is 12.4. The first kappa shape index (κ1) is 13.9. The van der Waals surface area contributed by atoms with Crippen LogP contribution in [0.2, 0.25) is 0 Å². The largest absolute Gasteiger partial charge is 0.508 e. The minimum atomic E-state index is -0.0734. The lowest BCUT2D eigenvalue weighted by Crippen LogP contribution is -2.30. The van der Waals surface area contributed by atoms with E-state index in [1.54, 1.807) is 17.0 Å². The molecule has 0 radical (unpaired) electrons. The van der Waals surface area contributed by atoms with Crippen molar-refractivity contribution >= 4 is 11.6 Å². The Morgan fingerprint density at radius 3 is 2.40 bits per heavy atom. The van der Waals surface area contributed by atoms with Crippen molar-refractivity contribution in [2.24, 2.45) is 0 Å². The molecule has 0 heterocycles. The van der Waals surface area contributed by atoms with Crippen LogP contribution in [0.4, 0.5) is 5.69 Å². The number of benzene rings is 2. The molecular weight excluding hydrogens is 252 g/mol. The Bertz CT molecular complexity index is 594. The van der Waals surface area contributed by atoms with Gasteiger partial charge >= 0.3 is 0 Å². The third-order valence-electron chi connectivity index (χ3n) is 3.20. The number of nitrogens with two attached hydrogens (primary N) is 1. The van der Waals surface area contributed by atoms with Gasteiger partial charge in [-0.2, -0.15) is 0 Å². The predicted octanol–water partition coefficient (Wildman–Crippen LogP) is 2.64. The standard InChI is InChI=1S/C16H18N2O2/c1-2-18(11-13-5-3-4-6-15(13)17)16(20)12-7-9-14(19)10-8-12/h3-10,19H,2,11,17H2,1H3. The number of nitrogens with zero attached hydrogens (tertiary/aromatic N) is 1. The third-order valence-corrected chi connectivity index (χ3v) is 3.20. The molecule has 0 aromatic heterocycles. The molecule has 20 heavy (non-hydrogen) atoms. The topological polar surface area (TPSA) is 66.6 Å². The maximum Gasteiger partial charge on any atom is 0.254 e. The molecule has 2 rings (SSSR count). The first-order valence-corrected chi connectivity index (χ1v) is 6.53. The van der Waals surface area contributed by atoms with Crippen molar-refractivity contribution in [3.63, 3.8) is 0 Å². The van der Waals surface area contributed by atoms with Crippen molar-refractivity contribution in [1.82, 2.24) is 4.90 Å². The van der Waals surface area contributed by atoms with Crippen molar-refractivity contribution < 1.29 is 9.90 Å². The number of nitrogen functional groups attached to an aromatic ring is 1. The Labute approximate surface area is 118 Å². The van der Waals surface area contributed by atoms with Gasteiger partial charge in [0.05, 0.1) is 0 Å². The van der Waals surface area contributed by atoms with Gasteiger partial charge in [0, 0.05) is 24.3 Å². The van der Waals surface area contributed by atoms with Gasteiger partial charge in [-0.15, -0.1) is 0 Å². The van der Waals surface area contributed by atoms with E-state index in [0.29, 0.717) is 24.3 Å². The van der Waals surface area contributed by atoms with Crippen molar-refractivity contribution in [1.29, 1.82) is 0 Å². The van der Waals surface area contributed by atoms with E-state index in [2.05, 4.69) is 0 Å². The second-order valence-corrected chi connectivity index (χ2v) is 4.57. The molecule has 0 spiro atoms. The van der Waals surface area contributed by atoms with Crippen molar-refractivity contribution in [2.75, 3.05) is 12.3 Å². The normalized spacial score (nSPS) is 10.2. The minimum Gasteiger partial charge on any atom is -0.508 e. The Morgan fingerprint density at radius 1 is 1.15 bits per heavy atom. The first-order chi connectivity index (χ1) is 9.61. The number of carbonyl (C=O) groups excluding carboxylic acids is 1. The molecule has 104 valence electrons. The molecule has 0 saturated heterocycles. The number of anilines is 1. The number of hydrogen-bond donors (Lipinski definition) is 2. The molecular formula is C16H18N2O2. The van der Waals surface area contributed by atoms with Crippen molar-refractivity contribution in [2.45, 2.75) is 13.5 Å². The Balaban J connectivity index is 2.18. The van der Waals surface area contributed by atoms with Crippen LogP contribution >= 0.6 is 0 Å². The zero-order valence-electron chi connectivity index (χ0n) is 11.4. The van der Waals surface area contributed by atoms with Crippen LogP contribution in [-0.2, 0) is 6.54 Å². The highest BCUT2D eigenvalue weighted by atomic mass is 16.3. The van der Waals surface area contributed by atoms with Crippen LogP contribution in [0.5, 0.6) is 5.75 Å². The molecule has 0 atom stereocenters. The summed E-state index contributed by atoms with van der Waals surface area (Å²) < 4.78 is 0. The first-order valence-electron chi connectivity index (χ1n) is 6.53. The van der Waals surface area contributed by atoms with Crippen LogP contribution in [0.15, 0.2) is 48.5 Å². The Hall–Kier alpha value is -2.49. The van der Waals surface area contributed by atoms with Crippen LogP contribution in [0, 0.1) is 0 Å². The summed E-state index contributed by atoms with van der Waals surface area (Å²) in [6.45, 7) is 2.99. The molecule has 2 aromatic rings. The molecule has 0 aliphatic heterocycles. The molecule has 2 aromatic carbocycles. The van der Waals surface area contributed by atoms with Crippen LogP contribution < -0.4 is 5.73 Å². The van der Waals surface area contributed by atoms with Gasteiger partial charge in [-0.1, -0.05) is 18.2 Å². The lowest BCUT2D eigenvalue weighted by molar-refractivity contribution is 0.0753. The van der Waals surface area contributed by atoms with Crippen LogP contribution in [0.3, 0.4) is 0 Å². The summed E-state index contributed by atoms with van der Waals surface area (Å²) in [5.74, 6) is 0.0765. The Morgan fingerprint density at radius 2 is 1.80 bits per heavy atom. The molecule has 4 nitrogen and oxygen atoms in total. The van der Waals surface area contributed by atoms with Gasteiger partial charge in [0.15, 0.2) is 0 Å². The van der Waals surface area contributed by atoms with Gasteiger partial charge in [-0.05, 0) is 42.8 Å². The predicted molar refractivity (Wildman–Crippen MR) is 79.4 cm³/mol.